The van der Waals surface area contributed by atoms with Crippen LogP contribution in [0.25, 0.3) is 0 Å². The minimum absolute atomic E-state index is 0.180. The van der Waals surface area contributed by atoms with E-state index in [1.165, 1.54) is 5.56 Å². The van der Waals surface area contributed by atoms with Crippen molar-refractivity contribution in [1.82, 2.24) is 4.90 Å². The maximum atomic E-state index is 11.5. The zero-order chi connectivity index (χ0) is 12.0. The lowest BCUT2D eigenvalue weighted by molar-refractivity contribution is -0.125. The topological polar surface area (TPSA) is 20.3 Å². The first-order valence-corrected chi connectivity index (χ1v) is 6.56. The van der Waals surface area contributed by atoms with Crippen LogP contribution >= 0.6 is 11.8 Å². The summed E-state index contributed by atoms with van der Waals surface area (Å²) in [5.74, 6) is 0.736. The predicted octanol–water partition coefficient (Wildman–Crippen LogP) is 2.96. The Morgan fingerprint density at radius 1 is 1.31 bits per heavy atom. The van der Waals surface area contributed by atoms with Gasteiger partial charge in [-0.1, -0.05) is 37.3 Å². The molecule has 16 heavy (non-hydrogen) atoms. The summed E-state index contributed by atoms with van der Waals surface area (Å²) in [6.45, 7) is 2.16. The lowest BCUT2D eigenvalue weighted by Gasteiger charge is -2.16. The average Bonchev–Trinajstić information content (AvgIpc) is 2.30. The lowest BCUT2D eigenvalue weighted by atomic mass is 10.1. The van der Waals surface area contributed by atoms with Gasteiger partial charge in [0.15, 0.2) is 0 Å². The van der Waals surface area contributed by atoms with Crippen molar-refractivity contribution in [2.45, 2.75) is 18.6 Å². The molecule has 0 radical (unpaired) electrons. The molecule has 0 saturated heterocycles. The Labute approximate surface area is 102 Å². The Kier molecular flexibility index (Phi) is 5.39. The van der Waals surface area contributed by atoms with Gasteiger partial charge in [-0.15, -0.1) is 11.8 Å². The molecule has 0 aromatic heterocycles. The van der Waals surface area contributed by atoms with Crippen LogP contribution < -0.4 is 0 Å². The second-order valence-electron chi connectivity index (χ2n) is 3.91. The third-order valence-electron chi connectivity index (χ3n) is 2.45. The largest absolute Gasteiger partial charge is 0.348 e. The van der Waals surface area contributed by atoms with E-state index in [0.29, 0.717) is 11.0 Å². The summed E-state index contributed by atoms with van der Waals surface area (Å²) in [4.78, 5) is 13.1. The molecule has 1 aromatic rings. The number of thioether (sulfide) groups is 1. The maximum absolute atomic E-state index is 11.5. The highest BCUT2D eigenvalue weighted by atomic mass is 32.2. The monoisotopic (exact) mass is 237 g/mol. The molecule has 88 valence electrons. The van der Waals surface area contributed by atoms with Gasteiger partial charge in [0.2, 0.25) is 5.91 Å². The van der Waals surface area contributed by atoms with Gasteiger partial charge in [-0.2, -0.15) is 0 Å². The number of benzene rings is 1. The van der Waals surface area contributed by atoms with Crippen LogP contribution in [0.5, 0.6) is 0 Å². The van der Waals surface area contributed by atoms with Gasteiger partial charge in [0, 0.05) is 19.3 Å². The molecule has 0 N–H and O–H groups in total. The van der Waals surface area contributed by atoms with Gasteiger partial charge in [-0.25, -0.2) is 0 Å². The molecule has 1 amide bonds. The molecule has 3 heteroatoms. The fraction of sp³-hybridized carbons (Fsp3) is 0.462. The number of hydrogen-bond acceptors (Lipinski definition) is 2. The van der Waals surface area contributed by atoms with E-state index >= 15 is 0 Å². The van der Waals surface area contributed by atoms with Gasteiger partial charge in [0.25, 0.3) is 0 Å². The van der Waals surface area contributed by atoms with Crippen LogP contribution in [0.2, 0.25) is 0 Å². The van der Waals surface area contributed by atoms with Crippen molar-refractivity contribution >= 4 is 17.7 Å². The van der Waals surface area contributed by atoms with E-state index < -0.39 is 0 Å². The number of rotatable bonds is 5. The van der Waals surface area contributed by atoms with E-state index in [0.717, 1.165) is 6.42 Å². The zero-order valence-electron chi connectivity index (χ0n) is 10.1. The Balaban J connectivity index is 2.54. The molecule has 1 rings (SSSR count). The first kappa shape index (κ1) is 13.1. The second kappa shape index (κ2) is 6.59. The summed E-state index contributed by atoms with van der Waals surface area (Å²) >= 11 is 1.72. The molecule has 0 unspecified atom stereocenters. The van der Waals surface area contributed by atoms with Crippen molar-refractivity contribution in [3.8, 4) is 0 Å². The number of carbonyl (C=O) groups excluding carboxylic acids is 1. The summed E-state index contributed by atoms with van der Waals surface area (Å²) in [6, 6.07) is 10.4. The SMILES string of the molecule is CC[C@@H](SCC(=O)N(C)C)c1ccccc1. The molecule has 0 aliphatic carbocycles. The Morgan fingerprint density at radius 2 is 1.94 bits per heavy atom. The molecular formula is C13H19NOS. The molecule has 0 bridgehead atoms. The number of nitrogens with zero attached hydrogens (tertiary/aromatic N) is 1. The van der Waals surface area contributed by atoms with E-state index in [4.69, 9.17) is 0 Å². The molecule has 0 aliphatic rings. The highest BCUT2D eigenvalue weighted by Gasteiger charge is 2.12. The zero-order valence-corrected chi connectivity index (χ0v) is 11.0. The van der Waals surface area contributed by atoms with Crippen molar-refractivity contribution in [3.63, 3.8) is 0 Å². The first-order valence-electron chi connectivity index (χ1n) is 5.51. The second-order valence-corrected chi connectivity index (χ2v) is 5.10. The molecule has 0 heterocycles. The van der Waals surface area contributed by atoms with Crippen molar-refractivity contribution in [3.05, 3.63) is 35.9 Å². The summed E-state index contributed by atoms with van der Waals surface area (Å²) in [5, 5.41) is 0.421. The van der Waals surface area contributed by atoms with Gasteiger partial charge in [0.05, 0.1) is 5.75 Å². The first-order chi connectivity index (χ1) is 7.65. The molecule has 2 nitrogen and oxygen atoms in total. The third kappa shape index (κ3) is 3.89. The summed E-state index contributed by atoms with van der Waals surface area (Å²) in [7, 11) is 3.60. The van der Waals surface area contributed by atoms with Crippen LogP contribution in [0.3, 0.4) is 0 Å². The lowest BCUT2D eigenvalue weighted by Crippen LogP contribution is -2.23. The summed E-state index contributed by atoms with van der Waals surface area (Å²) in [5.41, 5.74) is 1.31. The van der Waals surface area contributed by atoms with E-state index in [1.54, 1.807) is 30.8 Å². The normalized spacial score (nSPS) is 12.2. The van der Waals surface area contributed by atoms with E-state index in [9.17, 15) is 4.79 Å². The maximum Gasteiger partial charge on any atom is 0.232 e. The predicted molar refractivity (Wildman–Crippen MR) is 70.6 cm³/mol. The third-order valence-corrected chi connectivity index (χ3v) is 3.87. The van der Waals surface area contributed by atoms with Crippen LogP contribution in [-0.4, -0.2) is 30.7 Å². The average molecular weight is 237 g/mol. The summed E-state index contributed by atoms with van der Waals surface area (Å²) < 4.78 is 0. The van der Waals surface area contributed by atoms with Crippen LogP contribution in [-0.2, 0) is 4.79 Å². The van der Waals surface area contributed by atoms with Gasteiger partial charge in [-0.3, -0.25) is 4.79 Å². The van der Waals surface area contributed by atoms with Crippen LogP contribution in [0.1, 0.15) is 24.2 Å². The van der Waals surface area contributed by atoms with Crippen molar-refractivity contribution in [2.24, 2.45) is 0 Å². The van der Waals surface area contributed by atoms with Crippen molar-refractivity contribution < 1.29 is 4.79 Å². The Hall–Kier alpha value is -0.960. The van der Waals surface area contributed by atoms with Crippen molar-refractivity contribution in [2.75, 3.05) is 19.8 Å². The molecule has 1 aromatic carbocycles. The van der Waals surface area contributed by atoms with E-state index in [-0.39, 0.29) is 5.91 Å². The number of hydrogen-bond donors (Lipinski definition) is 0. The fourth-order valence-corrected chi connectivity index (χ4v) is 2.61. The smallest absolute Gasteiger partial charge is 0.232 e. The van der Waals surface area contributed by atoms with E-state index in [1.807, 2.05) is 18.2 Å². The minimum Gasteiger partial charge on any atom is -0.348 e. The molecular weight excluding hydrogens is 218 g/mol. The van der Waals surface area contributed by atoms with Gasteiger partial charge < -0.3 is 4.90 Å². The highest BCUT2D eigenvalue weighted by molar-refractivity contribution is 8.00. The standard InChI is InChI=1S/C13H19NOS/c1-4-12(11-8-6-5-7-9-11)16-10-13(15)14(2)3/h5-9,12H,4,10H2,1-3H3/t12-/m1/s1. The summed E-state index contributed by atoms with van der Waals surface area (Å²) in [6.07, 6.45) is 1.05. The van der Waals surface area contributed by atoms with Gasteiger partial charge in [0.1, 0.15) is 0 Å². The highest BCUT2D eigenvalue weighted by Crippen LogP contribution is 2.31. The Bertz CT molecular complexity index is 324. The number of carbonyl (C=O) groups is 1. The molecule has 0 fully saturated rings. The Morgan fingerprint density at radius 3 is 2.44 bits per heavy atom. The minimum atomic E-state index is 0.180. The van der Waals surface area contributed by atoms with Crippen molar-refractivity contribution in [1.29, 1.82) is 0 Å². The quantitative estimate of drug-likeness (QED) is 0.784. The van der Waals surface area contributed by atoms with Crippen LogP contribution in [0, 0.1) is 0 Å². The molecule has 0 saturated carbocycles. The molecule has 0 spiro atoms. The van der Waals surface area contributed by atoms with Gasteiger partial charge >= 0.3 is 0 Å². The van der Waals surface area contributed by atoms with Gasteiger partial charge in [-0.05, 0) is 12.0 Å². The number of amides is 1. The molecule has 1 atom stereocenters. The molecule has 0 aliphatic heterocycles. The van der Waals surface area contributed by atoms with E-state index in [2.05, 4.69) is 19.1 Å². The van der Waals surface area contributed by atoms with Crippen LogP contribution in [0.4, 0.5) is 0 Å². The fourth-order valence-electron chi connectivity index (χ4n) is 1.42. The van der Waals surface area contributed by atoms with Crippen LogP contribution in [0.15, 0.2) is 30.3 Å².